The van der Waals surface area contributed by atoms with Crippen LogP contribution in [0.15, 0.2) is 24.3 Å². The fourth-order valence-electron chi connectivity index (χ4n) is 7.41. The molecule has 2 saturated heterocycles. The zero-order valence-electron chi connectivity index (χ0n) is 26.4. The van der Waals surface area contributed by atoms with Gasteiger partial charge in [0.1, 0.15) is 5.82 Å². The standard InChI is InChI=1S/C31H43ClN6O7S/c1-18(33-30(40)41)19-4-6-22(7-5-19)29(39)38-17-23(20-12-14-37(15-13-20)46(3,43)44)16-25(38)28-35-26(27(32)36-28)21-8-10-24(11-9-21)34-31(42)45-2/h8-11,18-20,22-23,25,33H,4-7,12-17H2,1-3H3,(H,34,42)(H,35,36)(H,40,41)/t18-,19?,22?,23-,25-/m0/s1. The molecule has 46 heavy (non-hydrogen) atoms. The van der Waals surface area contributed by atoms with Crippen molar-refractivity contribution in [1.29, 1.82) is 0 Å². The van der Waals surface area contributed by atoms with E-state index in [9.17, 15) is 22.8 Å². The summed E-state index contributed by atoms with van der Waals surface area (Å²) in [5, 5.41) is 14.6. The number of imidazole rings is 1. The summed E-state index contributed by atoms with van der Waals surface area (Å²) in [5.41, 5.74) is 1.94. The summed E-state index contributed by atoms with van der Waals surface area (Å²) in [6.45, 7) is 3.38. The van der Waals surface area contributed by atoms with Gasteiger partial charge in [0.15, 0.2) is 5.15 Å². The highest BCUT2D eigenvalue weighted by molar-refractivity contribution is 7.88. The SMILES string of the molecule is COC(=O)Nc1ccc(-c2[nH]c([C@@H]3C[C@H](C4CCN(S(C)(=O)=O)CC4)CN3C(=O)C3CCC([C@H](C)NC(=O)O)CC3)nc2Cl)cc1. The molecule has 252 valence electrons. The molecule has 1 saturated carbocycles. The molecular formula is C31H43ClN6O7S. The number of carboxylic acid groups (broad SMARTS) is 1. The van der Waals surface area contributed by atoms with Gasteiger partial charge in [-0.15, -0.1) is 0 Å². The Labute approximate surface area is 274 Å². The zero-order chi connectivity index (χ0) is 33.2. The van der Waals surface area contributed by atoms with E-state index in [-0.39, 0.29) is 46.8 Å². The van der Waals surface area contributed by atoms with Crippen LogP contribution in [0.25, 0.3) is 11.3 Å². The van der Waals surface area contributed by atoms with E-state index in [1.54, 1.807) is 12.1 Å². The topological polar surface area (TPSA) is 174 Å². The Morgan fingerprint density at radius 2 is 1.72 bits per heavy atom. The number of methoxy groups -OCH3 is 1. The molecule has 1 aromatic carbocycles. The number of halogens is 1. The molecule has 1 aliphatic carbocycles. The van der Waals surface area contributed by atoms with Crippen LogP contribution in [-0.4, -0.2) is 89.8 Å². The van der Waals surface area contributed by atoms with Gasteiger partial charge in [0, 0.05) is 42.8 Å². The number of benzene rings is 1. The van der Waals surface area contributed by atoms with Gasteiger partial charge in [-0.25, -0.2) is 27.3 Å². The number of aromatic amines is 1. The number of amides is 3. The van der Waals surface area contributed by atoms with Gasteiger partial charge in [0.25, 0.3) is 0 Å². The van der Waals surface area contributed by atoms with Crippen LogP contribution in [-0.2, 0) is 19.6 Å². The third kappa shape index (κ3) is 7.77. The number of carbonyl (C=O) groups excluding carboxylic acids is 2. The highest BCUT2D eigenvalue weighted by Crippen LogP contribution is 2.44. The Balaban J connectivity index is 1.34. The number of hydrogen-bond acceptors (Lipinski definition) is 7. The summed E-state index contributed by atoms with van der Waals surface area (Å²) in [5.74, 6) is 1.16. The second-order valence-corrected chi connectivity index (χ2v) is 15.2. The van der Waals surface area contributed by atoms with Crippen LogP contribution in [0, 0.1) is 23.7 Å². The van der Waals surface area contributed by atoms with Crippen molar-refractivity contribution in [1.82, 2.24) is 24.5 Å². The lowest BCUT2D eigenvalue weighted by molar-refractivity contribution is -0.138. The number of rotatable bonds is 8. The molecule has 0 spiro atoms. The van der Waals surface area contributed by atoms with E-state index in [2.05, 4.69) is 20.4 Å². The van der Waals surface area contributed by atoms with Gasteiger partial charge in [0.05, 0.1) is 25.1 Å². The number of nitrogens with one attached hydrogen (secondary N) is 3. The molecule has 0 unspecified atom stereocenters. The summed E-state index contributed by atoms with van der Waals surface area (Å²) in [6, 6.07) is 6.59. The van der Waals surface area contributed by atoms with Gasteiger partial charge in [-0.2, -0.15) is 0 Å². The molecule has 0 radical (unpaired) electrons. The average molecular weight is 679 g/mol. The van der Waals surface area contributed by atoms with Crippen LogP contribution in [0.2, 0.25) is 5.15 Å². The van der Waals surface area contributed by atoms with Crippen LogP contribution < -0.4 is 10.6 Å². The van der Waals surface area contributed by atoms with Crippen molar-refractivity contribution in [3.05, 3.63) is 35.2 Å². The maximum Gasteiger partial charge on any atom is 0.411 e. The molecule has 13 nitrogen and oxygen atoms in total. The molecule has 3 fully saturated rings. The Hall–Kier alpha value is -3.36. The molecule has 2 aromatic rings. The van der Waals surface area contributed by atoms with Gasteiger partial charge in [-0.1, -0.05) is 23.7 Å². The number of anilines is 1. The Morgan fingerprint density at radius 1 is 1.07 bits per heavy atom. The molecule has 0 bridgehead atoms. The number of aromatic nitrogens is 2. The lowest BCUT2D eigenvalue weighted by atomic mass is 9.78. The summed E-state index contributed by atoms with van der Waals surface area (Å²) in [7, 11) is -1.95. The second-order valence-electron chi connectivity index (χ2n) is 12.8. The molecule has 15 heteroatoms. The van der Waals surface area contributed by atoms with E-state index in [1.165, 1.54) is 17.7 Å². The van der Waals surface area contributed by atoms with E-state index in [0.717, 1.165) is 31.2 Å². The zero-order valence-corrected chi connectivity index (χ0v) is 27.9. The third-order valence-electron chi connectivity index (χ3n) is 10.0. The van der Waals surface area contributed by atoms with Crippen molar-refractivity contribution >= 4 is 45.4 Å². The number of carbonyl (C=O) groups is 3. The summed E-state index contributed by atoms with van der Waals surface area (Å²) >= 11 is 6.66. The number of likely N-dealkylation sites (tertiary alicyclic amines) is 1. The number of piperidine rings is 1. The van der Waals surface area contributed by atoms with E-state index in [4.69, 9.17) is 21.7 Å². The Bertz CT molecular complexity index is 1520. The summed E-state index contributed by atoms with van der Waals surface area (Å²) in [4.78, 5) is 46.9. The molecule has 2 aliphatic heterocycles. The average Bonchev–Trinajstić information content (AvgIpc) is 3.64. The van der Waals surface area contributed by atoms with Gasteiger partial charge in [0.2, 0.25) is 15.9 Å². The second kappa shape index (κ2) is 14.2. The maximum atomic E-state index is 14.2. The predicted molar refractivity (Wildman–Crippen MR) is 173 cm³/mol. The fraction of sp³-hybridized carbons (Fsp3) is 0.613. The highest BCUT2D eigenvalue weighted by atomic mass is 35.5. The van der Waals surface area contributed by atoms with Gasteiger partial charge < -0.3 is 25.0 Å². The normalized spacial score (nSPS) is 25.2. The van der Waals surface area contributed by atoms with E-state index in [1.807, 2.05) is 24.0 Å². The van der Waals surface area contributed by atoms with Crippen molar-refractivity contribution < 1.29 is 32.6 Å². The molecule has 3 atom stereocenters. The van der Waals surface area contributed by atoms with Crippen molar-refractivity contribution in [3.63, 3.8) is 0 Å². The Kier molecular flexibility index (Phi) is 10.5. The largest absolute Gasteiger partial charge is 0.465 e. The monoisotopic (exact) mass is 678 g/mol. The number of H-pyrrole nitrogens is 1. The fourth-order valence-corrected chi connectivity index (χ4v) is 8.53. The number of ether oxygens (including phenoxy) is 1. The first-order valence-corrected chi connectivity index (χ1v) is 18.0. The molecule has 3 amide bonds. The van der Waals surface area contributed by atoms with Gasteiger partial charge in [-0.05, 0) is 81.8 Å². The first-order chi connectivity index (χ1) is 21.8. The van der Waals surface area contributed by atoms with Crippen molar-refractivity contribution in [2.24, 2.45) is 23.7 Å². The van der Waals surface area contributed by atoms with Gasteiger partial charge in [-0.3, -0.25) is 10.1 Å². The van der Waals surface area contributed by atoms with E-state index >= 15 is 0 Å². The maximum absolute atomic E-state index is 14.2. The lowest BCUT2D eigenvalue weighted by Crippen LogP contribution is -2.42. The number of hydrogen-bond donors (Lipinski definition) is 4. The molecule has 3 aliphatic rings. The van der Waals surface area contributed by atoms with Crippen molar-refractivity contribution in [2.45, 2.75) is 64.0 Å². The predicted octanol–water partition coefficient (Wildman–Crippen LogP) is 4.93. The van der Waals surface area contributed by atoms with Crippen LogP contribution in [0.1, 0.15) is 63.7 Å². The lowest BCUT2D eigenvalue weighted by Gasteiger charge is -2.35. The number of nitrogens with zero attached hydrogens (tertiary/aromatic N) is 3. The van der Waals surface area contributed by atoms with Crippen LogP contribution in [0.5, 0.6) is 0 Å². The van der Waals surface area contributed by atoms with Crippen LogP contribution in [0.4, 0.5) is 15.3 Å². The number of sulfonamides is 1. The molecule has 3 heterocycles. The van der Waals surface area contributed by atoms with Gasteiger partial charge >= 0.3 is 12.2 Å². The minimum absolute atomic E-state index is 0.0747. The Morgan fingerprint density at radius 3 is 2.30 bits per heavy atom. The molecule has 4 N–H and O–H groups in total. The molecule has 5 rings (SSSR count). The van der Waals surface area contributed by atoms with Crippen molar-refractivity contribution in [2.75, 3.05) is 38.3 Å². The van der Waals surface area contributed by atoms with Crippen LogP contribution >= 0.6 is 11.6 Å². The van der Waals surface area contributed by atoms with E-state index < -0.39 is 22.2 Å². The molecular weight excluding hydrogens is 636 g/mol. The first kappa shape index (κ1) is 34.0. The van der Waals surface area contributed by atoms with Crippen molar-refractivity contribution in [3.8, 4) is 11.3 Å². The summed E-state index contributed by atoms with van der Waals surface area (Å²) < 4.78 is 30.4. The smallest absolute Gasteiger partial charge is 0.411 e. The third-order valence-corrected chi connectivity index (χ3v) is 11.6. The minimum atomic E-state index is -3.25. The summed E-state index contributed by atoms with van der Waals surface area (Å²) in [6.07, 6.45) is 4.70. The quantitative estimate of drug-likeness (QED) is 0.304. The van der Waals surface area contributed by atoms with E-state index in [0.29, 0.717) is 56.1 Å². The highest BCUT2D eigenvalue weighted by Gasteiger charge is 2.44. The van der Waals surface area contributed by atoms with Crippen LogP contribution in [0.3, 0.4) is 0 Å². The first-order valence-electron chi connectivity index (χ1n) is 15.8. The molecule has 1 aromatic heterocycles. The minimum Gasteiger partial charge on any atom is -0.465 e.